The second kappa shape index (κ2) is 21.7. The van der Waals surface area contributed by atoms with Crippen LogP contribution in [-0.2, 0) is 44.9 Å². The zero-order valence-electron chi connectivity index (χ0n) is 39.8. The minimum Gasteiger partial charge on any atom is -0.493 e. The molecule has 5 heterocycles. The van der Waals surface area contributed by atoms with Crippen molar-refractivity contribution in [2.45, 2.75) is 77.0 Å². The molecule has 71 heavy (non-hydrogen) atoms. The van der Waals surface area contributed by atoms with E-state index >= 15 is 0 Å². The number of carbonyl (C=O) groups is 4. The van der Waals surface area contributed by atoms with E-state index in [1.165, 1.54) is 56.4 Å². The van der Waals surface area contributed by atoms with E-state index in [1.54, 1.807) is 6.07 Å². The van der Waals surface area contributed by atoms with Gasteiger partial charge in [0, 0.05) is 75.8 Å². The molecule has 9 rings (SSSR count). The van der Waals surface area contributed by atoms with Gasteiger partial charge in [-0.15, -0.1) is 0 Å². The highest BCUT2D eigenvalue weighted by atomic mass is 35.5. The van der Waals surface area contributed by atoms with Gasteiger partial charge in [-0.1, -0.05) is 24.4 Å². The van der Waals surface area contributed by atoms with E-state index in [0.29, 0.717) is 24.5 Å². The molecule has 18 heteroatoms. The molecule has 6 N–H and O–H groups in total. The molecule has 4 aromatic rings. The van der Waals surface area contributed by atoms with Gasteiger partial charge in [-0.05, 0) is 99.9 Å². The second-order valence-electron chi connectivity index (χ2n) is 18.8. The molecule has 0 amide bonds. The predicted octanol–water partition coefficient (Wildman–Crippen LogP) is 5.08. The zero-order chi connectivity index (χ0) is 49.8. The molecular formula is C53H61ClN5O12+. The molecule has 4 aromatic carbocycles. The second-order valence-corrected chi connectivity index (χ2v) is 19.2. The van der Waals surface area contributed by atoms with E-state index < -0.39 is 50.1 Å². The molecule has 5 aliphatic rings. The van der Waals surface area contributed by atoms with E-state index in [9.17, 15) is 39.6 Å². The fourth-order valence-corrected chi connectivity index (χ4v) is 11.2. The lowest BCUT2D eigenvalue weighted by Crippen LogP contribution is -2.45. The summed E-state index contributed by atoms with van der Waals surface area (Å²) in [6.45, 7) is 1.95. The summed E-state index contributed by atoms with van der Waals surface area (Å²) < 4.78 is 29.2. The highest BCUT2D eigenvalue weighted by molar-refractivity contribution is 6.31. The number of hydrogen-bond donors (Lipinski definition) is 5. The topological polar surface area (TPSA) is 225 Å². The third-order valence-corrected chi connectivity index (χ3v) is 14.1. The Morgan fingerprint density at radius 3 is 1.93 bits per heavy atom. The van der Waals surface area contributed by atoms with Gasteiger partial charge in [0.1, 0.15) is 81.2 Å². The zero-order valence-corrected chi connectivity index (χ0v) is 40.6. The highest BCUT2D eigenvalue weighted by Gasteiger charge is 2.37. The quantitative estimate of drug-likeness (QED) is 0.0425. The van der Waals surface area contributed by atoms with Crippen LogP contribution in [0.5, 0.6) is 28.7 Å². The van der Waals surface area contributed by atoms with E-state index in [4.69, 9.17) is 36.3 Å². The lowest BCUT2D eigenvalue weighted by molar-refractivity contribution is -0.138. The molecule has 0 fully saturated rings. The maximum atomic E-state index is 12.6. The van der Waals surface area contributed by atoms with Crippen LogP contribution in [0.25, 0.3) is 5.57 Å². The highest BCUT2D eigenvalue weighted by Crippen LogP contribution is 2.51. The lowest BCUT2D eigenvalue weighted by atomic mass is 9.82. The number of ether oxygens (including phenoxy) is 4. The summed E-state index contributed by atoms with van der Waals surface area (Å²) in [5.74, 6) is -2.63. The van der Waals surface area contributed by atoms with Crippen LogP contribution in [0.15, 0.2) is 42.5 Å². The molecule has 376 valence electrons. The Bertz CT molecular complexity index is 2850. The first-order valence-corrected chi connectivity index (χ1v) is 25.1. The lowest BCUT2D eigenvalue weighted by Gasteiger charge is -2.39. The fraction of sp³-hybridized carbons (Fsp3) is 0.453. The van der Waals surface area contributed by atoms with Crippen molar-refractivity contribution in [3.63, 3.8) is 0 Å². The molecule has 17 nitrogen and oxygen atoms in total. The van der Waals surface area contributed by atoms with Crippen molar-refractivity contribution in [2.24, 2.45) is 5.73 Å². The predicted molar refractivity (Wildman–Crippen MR) is 267 cm³/mol. The molecule has 0 saturated carbocycles. The van der Waals surface area contributed by atoms with Crippen molar-refractivity contribution in [1.82, 2.24) is 4.58 Å². The summed E-state index contributed by atoms with van der Waals surface area (Å²) in [5.41, 5.74) is 14.7. The number of carboxylic acids is 4. The third-order valence-electron chi connectivity index (χ3n) is 13.9. The molecule has 0 atom stereocenters. The maximum absolute atomic E-state index is 12.6. The van der Waals surface area contributed by atoms with Crippen LogP contribution in [-0.4, -0.2) is 123 Å². The first-order valence-electron chi connectivity index (χ1n) is 24.7. The Morgan fingerprint density at radius 2 is 1.24 bits per heavy atom. The summed E-state index contributed by atoms with van der Waals surface area (Å²) >= 11 is 6.29. The normalized spacial score (nSPS) is 15.1. The van der Waals surface area contributed by atoms with Crippen molar-refractivity contribution in [3.8, 4) is 28.7 Å². The van der Waals surface area contributed by atoms with Gasteiger partial charge < -0.3 is 59.8 Å². The van der Waals surface area contributed by atoms with E-state index in [0.717, 1.165) is 136 Å². The minimum absolute atomic E-state index is 0.142. The monoisotopic (exact) mass is 994 g/mol. The Hall–Kier alpha value is -6.72. The summed E-state index contributed by atoms with van der Waals surface area (Å²) in [4.78, 5) is 53.6. The summed E-state index contributed by atoms with van der Waals surface area (Å²) in [5, 5.41) is 42.1. The van der Waals surface area contributed by atoms with Crippen molar-refractivity contribution in [3.05, 3.63) is 91.4 Å². The Labute approximate surface area is 416 Å². The van der Waals surface area contributed by atoms with Gasteiger partial charge in [-0.25, -0.2) is 4.58 Å². The molecule has 0 radical (unpaired) electrons. The Kier molecular flexibility index (Phi) is 15.1. The van der Waals surface area contributed by atoms with Crippen molar-refractivity contribution < 1.29 is 58.6 Å². The molecular weight excluding hydrogens is 934 g/mol. The van der Waals surface area contributed by atoms with E-state index in [2.05, 4.69) is 21.6 Å². The SMILES string of the molecule is NCCCCCCOc1cc(OCCOc2ccc(Cl)cc2N(CC(=O)O)CC(=O)O)c(N(CC(=O)O)CC(=O)O)cc1C1=c2cc3c4c(c2Oc2c1cc1c5c2CCCN5CCC1)CCC[N+]=4CCC3. The number of hydrogen-bond acceptors (Lipinski definition) is 12. The number of nitrogens with two attached hydrogens (primary N) is 1. The largest absolute Gasteiger partial charge is 0.493 e. The fourth-order valence-electron chi connectivity index (χ4n) is 11.1. The van der Waals surface area contributed by atoms with Crippen LogP contribution in [0.2, 0.25) is 5.02 Å². The standard InChI is InChI=1S/C53H60ClN5O12/c54-34-13-14-42(40(25-34)58(28-45(60)61)29-46(62)63)69-21-22-70-44-27-43(68-20-4-2-1-3-15-55)37(26-41(44)59(30-47(64)65)31-48(66)67)49-38-23-32-9-5-16-56-18-7-11-35(50(32)56)52(38)71-53-36-12-8-19-57-17-6-10-33(51(36)57)24-39(49)53/h13-14,23-27H,1-12,15-22,28-31,55H2,(H3-,60,61,62,63,64,65,66,67)/p+1. The smallest absolute Gasteiger partial charge is 0.323 e. The molecule has 0 spiro atoms. The van der Waals surface area contributed by atoms with Gasteiger partial charge in [0.2, 0.25) is 5.36 Å². The van der Waals surface area contributed by atoms with Gasteiger partial charge in [-0.2, -0.15) is 0 Å². The van der Waals surface area contributed by atoms with Crippen LogP contribution in [0.3, 0.4) is 0 Å². The number of rotatable bonds is 23. The van der Waals surface area contributed by atoms with Crippen LogP contribution in [0.1, 0.15) is 84.7 Å². The molecule has 0 bridgehead atoms. The van der Waals surface area contributed by atoms with Gasteiger partial charge in [0.05, 0.1) is 23.5 Å². The number of aryl methyl sites for hydroxylation is 2. The third kappa shape index (κ3) is 10.7. The first kappa shape index (κ1) is 49.3. The summed E-state index contributed by atoms with van der Waals surface area (Å²) in [6, 6.07) is 12.5. The number of aliphatic carboxylic acids is 4. The van der Waals surface area contributed by atoms with Crippen LogP contribution >= 0.6 is 11.6 Å². The molecule has 5 aliphatic heterocycles. The maximum Gasteiger partial charge on any atom is 0.323 e. The number of unbranched alkanes of at least 4 members (excludes halogenated alkanes) is 3. The molecule has 0 saturated heterocycles. The summed E-state index contributed by atoms with van der Waals surface area (Å²) in [6.07, 6.45) is 11.0. The van der Waals surface area contributed by atoms with Crippen LogP contribution < -0.4 is 54.5 Å². The van der Waals surface area contributed by atoms with Gasteiger partial charge >= 0.3 is 23.9 Å². The van der Waals surface area contributed by atoms with Crippen molar-refractivity contribution in [2.75, 3.05) is 93.4 Å². The number of halogens is 1. The molecule has 0 unspecified atom stereocenters. The number of benzene rings is 4. The summed E-state index contributed by atoms with van der Waals surface area (Å²) in [7, 11) is 0. The van der Waals surface area contributed by atoms with Crippen LogP contribution in [0, 0.1) is 0 Å². The van der Waals surface area contributed by atoms with Gasteiger partial charge in [-0.3, -0.25) is 19.2 Å². The average Bonchev–Trinajstić information content (AvgIpc) is 3.33. The molecule has 0 aromatic heterocycles. The minimum atomic E-state index is -1.26. The van der Waals surface area contributed by atoms with Crippen LogP contribution in [0.4, 0.5) is 17.1 Å². The Balaban J connectivity index is 1.21. The molecule has 0 aliphatic carbocycles. The number of nitrogens with zero attached hydrogens (tertiary/aromatic N) is 4. The number of fused-ring (bicyclic) bond motifs is 4. The van der Waals surface area contributed by atoms with Gasteiger partial charge in [0.15, 0.2) is 0 Å². The Morgan fingerprint density at radius 1 is 0.634 bits per heavy atom. The number of carboxylic acid groups (broad SMARTS) is 4. The number of anilines is 3. The van der Waals surface area contributed by atoms with Gasteiger partial charge in [0.25, 0.3) is 0 Å². The average molecular weight is 996 g/mol. The van der Waals surface area contributed by atoms with Crippen molar-refractivity contribution in [1.29, 1.82) is 0 Å². The van der Waals surface area contributed by atoms with Crippen molar-refractivity contribution >= 4 is 58.1 Å². The first-order chi connectivity index (χ1) is 34.4. The van der Waals surface area contributed by atoms with E-state index in [-0.39, 0.29) is 41.1 Å². The van der Waals surface area contributed by atoms with E-state index in [1.807, 2.05) is 6.07 Å².